The largest absolute Gasteiger partial charge is 0.382 e. The fraction of sp³-hybridized carbons (Fsp3) is 0.667. The lowest BCUT2D eigenvalue weighted by Crippen LogP contribution is -2.26. The molecule has 1 fully saturated rings. The van der Waals surface area contributed by atoms with Crippen LogP contribution in [0.5, 0.6) is 0 Å². The summed E-state index contributed by atoms with van der Waals surface area (Å²) in [7, 11) is 3.75. The average molecular weight is 284 g/mol. The van der Waals surface area contributed by atoms with E-state index in [2.05, 4.69) is 10.3 Å². The van der Waals surface area contributed by atoms with E-state index in [1.54, 1.807) is 0 Å². The number of nitrogens with zero attached hydrogens (tertiary/aromatic N) is 2. The summed E-state index contributed by atoms with van der Waals surface area (Å²) in [6.45, 7) is 2.30. The third kappa shape index (κ3) is 3.57. The molecule has 1 amide bonds. The van der Waals surface area contributed by atoms with Gasteiger partial charge in [-0.15, -0.1) is 0 Å². The van der Waals surface area contributed by atoms with Gasteiger partial charge in [0.1, 0.15) is 10.7 Å². The Morgan fingerprint density at radius 2 is 2.42 bits per heavy atom. The van der Waals surface area contributed by atoms with Crippen LogP contribution in [-0.4, -0.2) is 44.7 Å². The third-order valence-electron chi connectivity index (χ3n) is 3.09. The number of nitrogen functional groups attached to an aromatic ring is 1. The lowest BCUT2D eigenvalue weighted by atomic mass is 10.1. The molecule has 1 saturated heterocycles. The first-order valence-corrected chi connectivity index (χ1v) is 7.19. The molecule has 1 aliphatic rings. The predicted octanol–water partition coefficient (Wildman–Crippen LogP) is 0.948. The monoisotopic (exact) mass is 284 g/mol. The summed E-state index contributed by atoms with van der Waals surface area (Å²) in [5, 5.41) is 3.64. The van der Waals surface area contributed by atoms with Crippen LogP contribution in [-0.2, 0) is 4.74 Å². The first-order chi connectivity index (χ1) is 9.08. The van der Waals surface area contributed by atoms with Crippen molar-refractivity contribution >= 4 is 28.2 Å². The van der Waals surface area contributed by atoms with Crippen molar-refractivity contribution in [3.8, 4) is 0 Å². The molecular weight excluding hydrogens is 264 g/mol. The van der Waals surface area contributed by atoms with Gasteiger partial charge in [-0.2, -0.15) is 0 Å². The molecule has 106 valence electrons. The first-order valence-electron chi connectivity index (χ1n) is 6.37. The zero-order valence-corrected chi connectivity index (χ0v) is 12.1. The van der Waals surface area contributed by atoms with Crippen molar-refractivity contribution < 1.29 is 9.53 Å². The maximum absolute atomic E-state index is 12.0. The van der Waals surface area contributed by atoms with Crippen LogP contribution in [0.3, 0.4) is 0 Å². The van der Waals surface area contributed by atoms with Crippen molar-refractivity contribution in [1.29, 1.82) is 0 Å². The summed E-state index contributed by atoms with van der Waals surface area (Å²) >= 11 is 1.31. The van der Waals surface area contributed by atoms with Crippen LogP contribution in [0.4, 0.5) is 10.9 Å². The highest BCUT2D eigenvalue weighted by Crippen LogP contribution is 2.26. The fourth-order valence-electron chi connectivity index (χ4n) is 1.96. The summed E-state index contributed by atoms with van der Waals surface area (Å²) in [6.07, 6.45) is 2.04. The van der Waals surface area contributed by atoms with Gasteiger partial charge < -0.3 is 20.7 Å². The van der Waals surface area contributed by atoms with Crippen LogP contribution in [0.15, 0.2) is 0 Å². The Balaban J connectivity index is 1.85. The fourth-order valence-corrected chi connectivity index (χ4v) is 2.78. The average Bonchev–Trinajstić information content (AvgIpc) is 2.98. The van der Waals surface area contributed by atoms with E-state index in [1.807, 2.05) is 19.0 Å². The van der Waals surface area contributed by atoms with Gasteiger partial charge in [-0.25, -0.2) is 4.98 Å². The minimum Gasteiger partial charge on any atom is -0.382 e. The van der Waals surface area contributed by atoms with E-state index in [9.17, 15) is 4.79 Å². The lowest BCUT2D eigenvalue weighted by molar-refractivity contribution is 0.0955. The number of carbonyl (C=O) groups is 1. The summed E-state index contributed by atoms with van der Waals surface area (Å²) in [5.41, 5.74) is 5.77. The standard InChI is InChI=1S/C12H20N4O2S/c1-16(2)12-15-10(13)9(19-12)11(17)14-5-3-8-4-6-18-7-8/h8H,3-7,13H2,1-2H3,(H,14,17). The maximum atomic E-state index is 12.0. The van der Waals surface area contributed by atoms with E-state index in [-0.39, 0.29) is 5.91 Å². The number of thiazole rings is 1. The highest BCUT2D eigenvalue weighted by atomic mass is 32.1. The molecule has 0 aromatic carbocycles. The number of nitrogens with two attached hydrogens (primary N) is 1. The molecule has 0 aliphatic carbocycles. The molecule has 6 nitrogen and oxygen atoms in total. The number of anilines is 2. The van der Waals surface area contributed by atoms with Gasteiger partial charge >= 0.3 is 0 Å². The molecule has 1 aromatic heterocycles. The van der Waals surface area contributed by atoms with Crippen LogP contribution >= 0.6 is 11.3 Å². The van der Waals surface area contributed by atoms with Crippen molar-refractivity contribution in [2.45, 2.75) is 12.8 Å². The molecule has 2 rings (SSSR count). The molecule has 2 heterocycles. The number of rotatable bonds is 5. The van der Waals surface area contributed by atoms with Gasteiger partial charge in [0, 0.05) is 33.9 Å². The third-order valence-corrected chi connectivity index (χ3v) is 4.33. The van der Waals surface area contributed by atoms with E-state index in [0.717, 1.165) is 31.2 Å². The normalized spacial score (nSPS) is 18.5. The molecule has 3 N–H and O–H groups in total. The number of amides is 1. The highest BCUT2D eigenvalue weighted by molar-refractivity contribution is 7.18. The molecule has 1 unspecified atom stereocenters. The minimum absolute atomic E-state index is 0.137. The molecular formula is C12H20N4O2S. The maximum Gasteiger partial charge on any atom is 0.265 e. The molecule has 19 heavy (non-hydrogen) atoms. The van der Waals surface area contributed by atoms with Crippen molar-refractivity contribution in [1.82, 2.24) is 10.3 Å². The number of aromatic nitrogens is 1. The number of nitrogens with one attached hydrogen (secondary N) is 1. The molecule has 1 atom stereocenters. The number of carbonyl (C=O) groups excluding carboxylic acids is 1. The molecule has 1 aliphatic heterocycles. The number of ether oxygens (including phenoxy) is 1. The Hall–Kier alpha value is -1.34. The molecule has 0 saturated carbocycles. The van der Waals surface area contributed by atoms with Gasteiger partial charge in [0.15, 0.2) is 5.13 Å². The topological polar surface area (TPSA) is 80.5 Å². The molecule has 0 spiro atoms. The zero-order valence-electron chi connectivity index (χ0n) is 11.3. The van der Waals surface area contributed by atoms with E-state index in [0.29, 0.717) is 23.2 Å². The smallest absolute Gasteiger partial charge is 0.265 e. The van der Waals surface area contributed by atoms with Gasteiger partial charge in [-0.05, 0) is 18.8 Å². The second kappa shape index (κ2) is 6.21. The van der Waals surface area contributed by atoms with Crippen LogP contribution in [0.1, 0.15) is 22.5 Å². The van der Waals surface area contributed by atoms with Crippen molar-refractivity contribution in [2.75, 3.05) is 44.5 Å². The van der Waals surface area contributed by atoms with E-state index in [4.69, 9.17) is 10.5 Å². The highest BCUT2D eigenvalue weighted by Gasteiger charge is 2.18. The first kappa shape index (κ1) is 14.1. The Labute approximate surface area is 116 Å². The van der Waals surface area contributed by atoms with Gasteiger partial charge in [-0.3, -0.25) is 4.79 Å². The van der Waals surface area contributed by atoms with Gasteiger partial charge in [0.2, 0.25) is 0 Å². The van der Waals surface area contributed by atoms with Crippen molar-refractivity contribution in [2.24, 2.45) is 5.92 Å². The quantitative estimate of drug-likeness (QED) is 0.841. The molecule has 1 aromatic rings. The number of hydrogen-bond donors (Lipinski definition) is 2. The van der Waals surface area contributed by atoms with E-state index < -0.39 is 0 Å². The van der Waals surface area contributed by atoms with Crippen LogP contribution in [0.25, 0.3) is 0 Å². The molecule has 0 radical (unpaired) electrons. The van der Waals surface area contributed by atoms with Crippen molar-refractivity contribution in [3.05, 3.63) is 4.88 Å². The van der Waals surface area contributed by atoms with Gasteiger partial charge in [0.05, 0.1) is 0 Å². The molecule has 7 heteroatoms. The minimum atomic E-state index is -0.137. The zero-order chi connectivity index (χ0) is 13.8. The summed E-state index contributed by atoms with van der Waals surface area (Å²) in [6, 6.07) is 0. The predicted molar refractivity (Wildman–Crippen MR) is 76.7 cm³/mol. The second-order valence-corrected chi connectivity index (χ2v) is 5.86. The summed E-state index contributed by atoms with van der Waals surface area (Å²) in [4.78, 5) is 18.5. The van der Waals surface area contributed by atoms with Gasteiger partial charge in [-0.1, -0.05) is 11.3 Å². The van der Waals surface area contributed by atoms with Crippen LogP contribution < -0.4 is 16.0 Å². The molecule has 0 bridgehead atoms. The summed E-state index contributed by atoms with van der Waals surface area (Å²) < 4.78 is 5.30. The van der Waals surface area contributed by atoms with Crippen molar-refractivity contribution in [3.63, 3.8) is 0 Å². The number of hydrogen-bond acceptors (Lipinski definition) is 6. The van der Waals surface area contributed by atoms with E-state index in [1.165, 1.54) is 11.3 Å². The Morgan fingerprint density at radius 3 is 3.00 bits per heavy atom. The van der Waals surface area contributed by atoms with Crippen LogP contribution in [0.2, 0.25) is 0 Å². The van der Waals surface area contributed by atoms with E-state index >= 15 is 0 Å². The SMILES string of the molecule is CN(C)c1nc(N)c(C(=O)NCCC2CCOC2)s1. The van der Waals surface area contributed by atoms with Gasteiger partial charge in [0.25, 0.3) is 5.91 Å². The second-order valence-electron chi connectivity index (χ2n) is 4.88. The Bertz CT molecular complexity index is 441. The Kier molecular flexibility index (Phi) is 4.60. The van der Waals surface area contributed by atoms with Crippen LogP contribution in [0, 0.1) is 5.92 Å². The lowest BCUT2D eigenvalue weighted by Gasteiger charge is -2.08. The Morgan fingerprint density at radius 1 is 1.63 bits per heavy atom. The summed E-state index contributed by atoms with van der Waals surface area (Å²) in [5.74, 6) is 0.730.